The largest absolute Gasteiger partial charge is 0.0530 e. The summed E-state index contributed by atoms with van der Waals surface area (Å²) in [4.78, 5) is 0. The molecule has 0 aliphatic heterocycles. The molecule has 0 amide bonds. The Morgan fingerprint density at radius 2 is 0.688 bits per heavy atom. The van der Waals surface area contributed by atoms with Crippen LogP contribution in [0.15, 0.2) is 0 Å². The van der Waals surface area contributed by atoms with Gasteiger partial charge in [-0.15, -0.1) is 0 Å². The maximum Gasteiger partial charge on any atom is -0.0148 e. The molecule has 0 aromatic heterocycles. The average molecular weight is 219 g/mol. The van der Waals surface area contributed by atoms with Crippen LogP contribution in [0.25, 0.3) is 0 Å². The lowest BCUT2D eigenvalue weighted by molar-refractivity contribution is 0.330. The molecule has 3 saturated carbocycles. The summed E-state index contributed by atoms with van der Waals surface area (Å²) in [6.07, 6.45) is 18.4. The topological polar surface area (TPSA) is 0 Å². The van der Waals surface area contributed by atoms with Crippen molar-refractivity contribution >= 4 is 0 Å². The maximum absolute atomic E-state index is 2.09. The highest BCUT2D eigenvalue weighted by atomic mass is 14.4. The lowest BCUT2D eigenvalue weighted by Gasteiger charge is -2.33. The van der Waals surface area contributed by atoms with Gasteiger partial charge in [0, 0.05) is 0 Å². The van der Waals surface area contributed by atoms with E-state index in [0.717, 1.165) is 17.8 Å². The molecular formula is C16H27. The molecule has 3 aliphatic carbocycles. The van der Waals surface area contributed by atoms with Crippen molar-refractivity contribution < 1.29 is 0 Å². The Morgan fingerprint density at radius 1 is 0.438 bits per heavy atom. The molecule has 0 nitrogen and oxygen atoms in total. The van der Waals surface area contributed by atoms with Gasteiger partial charge in [-0.3, -0.25) is 0 Å². The molecule has 91 valence electrons. The van der Waals surface area contributed by atoms with E-state index in [-0.39, 0.29) is 0 Å². The van der Waals surface area contributed by atoms with E-state index in [1.54, 1.807) is 38.5 Å². The van der Waals surface area contributed by atoms with Crippen molar-refractivity contribution in [2.24, 2.45) is 17.8 Å². The van der Waals surface area contributed by atoms with Crippen molar-refractivity contribution in [2.45, 2.75) is 77.0 Å². The van der Waals surface area contributed by atoms with Crippen LogP contribution < -0.4 is 0 Å². The highest BCUT2D eigenvalue weighted by molar-refractivity contribution is 5.09. The molecule has 16 heavy (non-hydrogen) atoms. The molecule has 0 saturated heterocycles. The smallest absolute Gasteiger partial charge is 0.0148 e. The fraction of sp³-hybridized carbons (Fsp3) is 0.938. The second kappa shape index (κ2) is 5.10. The summed E-state index contributed by atoms with van der Waals surface area (Å²) in [6.45, 7) is 0. The van der Waals surface area contributed by atoms with Gasteiger partial charge in [-0.05, 0) is 62.2 Å². The predicted molar refractivity (Wildman–Crippen MR) is 69.1 cm³/mol. The van der Waals surface area contributed by atoms with Crippen molar-refractivity contribution in [2.75, 3.05) is 0 Å². The van der Waals surface area contributed by atoms with Crippen LogP contribution >= 0.6 is 0 Å². The van der Waals surface area contributed by atoms with E-state index in [9.17, 15) is 0 Å². The molecule has 0 unspecified atom stereocenters. The molecule has 0 spiro atoms. The Hall–Kier alpha value is 0. The van der Waals surface area contributed by atoms with Crippen molar-refractivity contribution in [3.8, 4) is 0 Å². The van der Waals surface area contributed by atoms with Crippen LogP contribution in [0.3, 0.4) is 0 Å². The molecule has 0 atom stereocenters. The van der Waals surface area contributed by atoms with Crippen LogP contribution in [-0.2, 0) is 0 Å². The van der Waals surface area contributed by atoms with E-state index in [0.29, 0.717) is 0 Å². The second-order valence-corrected chi connectivity index (χ2v) is 6.44. The zero-order valence-electron chi connectivity index (χ0n) is 10.7. The summed E-state index contributed by atoms with van der Waals surface area (Å²) in [5, 5.41) is 0. The minimum Gasteiger partial charge on any atom is -0.0530 e. The molecule has 0 N–H and O–H groups in total. The maximum atomic E-state index is 2.09. The van der Waals surface area contributed by atoms with Gasteiger partial charge in [-0.25, -0.2) is 0 Å². The normalized spacial score (nSPS) is 29.8. The summed E-state index contributed by atoms with van der Waals surface area (Å²) in [7, 11) is 0. The van der Waals surface area contributed by atoms with Crippen molar-refractivity contribution in [3.05, 3.63) is 5.92 Å². The summed E-state index contributed by atoms with van der Waals surface area (Å²) >= 11 is 0. The molecule has 1 radical (unpaired) electrons. The molecular weight excluding hydrogens is 192 g/mol. The van der Waals surface area contributed by atoms with Crippen LogP contribution in [0.1, 0.15) is 77.0 Å². The van der Waals surface area contributed by atoms with E-state index in [4.69, 9.17) is 0 Å². The summed E-state index contributed by atoms with van der Waals surface area (Å²) in [6, 6.07) is 0. The highest BCUT2D eigenvalue weighted by Gasteiger charge is 2.39. The van der Waals surface area contributed by atoms with Gasteiger partial charge in [0.1, 0.15) is 0 Å². The lowest BCUT2D eigenvalue weighted by atomic mass is 9.71. The fourth-order valence-corrected chi connectivity index (χ4v) is 4.78. The van der Waals surface area contributed by atoms with E-state index >= 15 is 0 Å². The number of hydrogen-bond acceptors (Lipinski definition) is 0. The van der Waals surface area contributed by atoms with E-state index in [2.05, 4.69) is 5.92 Å². The Kier molecular flexibility index (Phi) is 3.54. The van der Waals surface area contributed by atoms with E-state index < -0.39 is 0 Å². The minimum absolute atomic E-state index is 1.06. The van der Waals surface area contributed by atoms with Gasteiger partial charge in [0.25, 0.3) is 0 Å². The standard InChI is InChI=1S/C16H27/c1-2-8-13(7-1)16(14-9-3-4-10-14)15-11-5-6-12-15/h13-15H,1-12H2. The molecule has 3 fully saturated rings. The molecule has 0 bridgehead atoms. The van der Waals surface area contributed by atoms with Crippen molar-refractivity contribution in [1.82, 2.24) is 0 Å². The molecule has 0 heterocycles. The van der Waals surface area contributed by atoms with Gasteiger partial charge in [-0.2, -0.15) is 0 Å². The molecule has 0 heteroatoms. The Labute approximate surface area is 101 Å². The van der Waals surface area contributed by atoms with Crippen molar-refractivity contribution in [1.29, 1.82) is 0 Å². The van der Waals surface area contributed by atoms with Crippen LogP contribution in [0, 0.1) is 23.7 Å². The number of hydrogen-bond donors (Lipinski definition) is 0. The average Bonchev–Trinajstić information content (AvgIpc) is 3.02. The number of rotatable bonds is 3. The summed E-state index contributed by atoms with van der Waals surface area (Å²) in [5.41, 5.74) is 0. The minimum atomic E-state index is 1.06. The first-order chi connectivity index (χ1) is 7.95. The Morgan fingerprint density at radius 3 is 0.938 bits per heavy atom. The SMILES string of the molecule is C1CCC([C](C2CCCC2)C2CCCC2)C1. The van der Waals surface area contributed by atoms with Gasteiger partial charge in [-0.1, -0.05) is 38.5 Å². The van der Waals surface area contributed by atoms with Gasteiger partial charge >= 0.3 is 0 Å². The van der Waals surface area contributed by atoms with Crippen LogP contribution in [-0.4, -0.2) is 0 Å². The van der Waals surface area contributed by atoms with Crippen LogP contribution in [0.4, 0.5) is 0 Å². The molecule has 0 aromatic rings. The third kappa shape index (κ3) is 2.17. The first-order valence-corrected chi connectivity index (χ1v) is 7.82. The van der Waals surface area contributed by atoms with Gasteiger partial charge in [0.2, 0.25) is 0 Å². The van der Waals surface area contributed by atoms with E-state index in [1.165, 1.54) is 38.5 Å². The Bertz CT molecular complexity index is 164. The third-order valence-electron chi connectivity index (χ3n) is 5.48. The summed E-state index contributed by atoms with van der Waals surface area (Å²) in [5.74, 6) is 5.27. The van der Waals surface area contributed by atoms with E-state index in [1.807, 2.05) is 0 Å². The quantitative estimate of drug-likeness (QED) is 0.617. The second-order valence-electron chi connectivity index (χ2n) is 6.44. The molecule has 3 aliphatic rings. The monoisotopic (exact) mass is 219 g/mol. The first kappa shape index (κ1) is 11.1. The zero-order chi connectivity index (χ0) is 10.8. The van der Waals surface area contributed by atoms with Crippen molar-refractivity contribution in [3.63, 3.8) is 0 Å². The van der Waals surface area contributed by atoms with Gasteiger partial charge in [0.05, 0.1) is 0 Å². The van der Waals surface area contributed by atoms with Gasteiger partial charge in [0.15, 0.2) is 0 Å². The summed E-state index contributed by atoms with van der Waals surface area (Å²) < 4.78 is 0. The lowest BCUT2D eigenvalue weighted by Crippen LogP contribution is -2.24. The molecule has 3 rings (SSSR count). The molecule has 0 aromatic carbocycles. The Balaban J connectivity index is 1.70. The fourth-order valence-electron chi connectivity index (χ4n) is 4.78. The van der Waals surface area contributed by atoms with Crippen LogP contribution in [0.5, 0.6) is 0 Å². The van der Waals surface area contributed by atoms with Crippen LogP contribution in [0.2, 0.25) is 0 Å². The third-order valence-corrected chi connectivity index (χ3v) is 5.48. The zero-order valence-corrected chi connectivity index (χ0v) is 10.7. The highest BCUT2D eigenvalue weighted by Crippen LogP contribution is 2.50. The first-order valence-electron chi connectivity index (χ1n) is 7.82. The predicted octanol–water partition coefficient (Wildman–Crippen LogP) is 5.13. The van der Waals surface area contributed by atoms with Gasteiger partial charge < -0.3 is 0 Å².